The van der Waals surface area contributed by atoms with Crippen molar-refractivity contribution >= 4 is 0 Å². The fourth-order valence-electron chi connectivity index (χ4n) is 2.67. The molecule has 0 spiro atoms. The van der Waals surface area contributed by atoms with E-state index in [0.29, 0.717) is 11.5 Å². The van der Waals surface area contributed by atoms with Crippen molar-refractivity contribution in [1.29, 1.82) is 0 Å². The van der Waals surface area contributed by atoms with Gasteiger partial charge in [-0.3, -0.25) is 0 Å². The lowest BCUT2D eigenvalue weighted by Crippen LogP contribution is -2.36. The number of nitrogens with two attached hydrogens (primary N) is 1. The lowest BCUT2D eigenvalue weighted by molar-refractivity contribution is 0.167. The monoisotopic (exact) mass is 181 g/mol. The molecule has 0 radical (unpaired) electrons. The van der Waals surface area contributed by atoms with Crippen LogP contribution in [0, 0.1) is 17.3 Å². The highest BCUT2D eigenvalue weighted by Crippen LogP contribution is 2.43. The van der Waals surface area contributed by atoms with Gasteiger partial charge in [0.15, 0.2) is 0 Å². The summed E-state index contributed by atoms with van der Waals surface area (Å²) in [4.78, 5) is 0. The summed E-state index contributed by atoms with van der Waals surface area (Å²) in [6.07, 6.45) is 8.34. The number of hydrogen-bond donors (Lipinski definition) is 1. The predicted octanol–water partition coefficient (Wildman–Crippen LogP) is 2.94. The standard InChI is InChI=1S/C12H23N/c1-12(2)7-5-10(6-8-12)11(13)9-3-4-9/h9-11H,3-8,13H2,1-2H3. The first-order valence-corrected chi connectivity index (χ1v) is 5.84. The molecule has 0 amide bonds. The molecule has 1 heteroatoms. The molecule has 1 atom stereocenters. The maximum absolute atomic E-state index is 6.24. The van der Waals surface area contributed by atoms with Crippen LogP contribution in [0.2, 0.25) is 0 Å². The maximum atomic E-state index is 6.24. The maximum Gasteiger partial charge on any atom is 0.00956 e. The number of hydrogen-bond acceptors (Lipinski definition) is 1. The van der Waals surface area contributed by atoms with Gasteiger partial charge in [0.25, 0.3) is 0 Å². The summed E-state index contributed by atoms with van der Waals surface area (Å²) in [6, 6.07) is 0.538. The Morgan fingerprint density at radius 3 is 1.92 bits per heavy atom. The summed E-state index contributed by atoms with van der Waals surface area (Å²) in [5.41, 5.74) is 6.84. The van der Waals surface area contributed by atoms with Crippen LogP contribution in [0.25, 0.3) is 0 Å². The van der Waals surface area contributed by atoms with Crippen LogP contribution in [0.3, 0.4) is 0 Å². The molecule has 2 aliphatic carbocycles. The molecule has 76 valence electrons. The Kier molecular flexibility index (Phi) is 2.39. The van der Waals surface area contributed by atoms with Crippen LogP contribution in [-0.2, 0) is 0 Å². The van der Waals surface area contributed by atoms with E-state index in [4.69, 9.17) is 5.73 Å². The average Bonchev–Trinajstić information content (AvgIpc) is 2.85. The van der Waals surface area contributed by atoms with E-state index in [9.17, 15) is 0 Å². The van der Waals surface area contributed by atoms with E-state index in [2.05, 4.69) is 13.8 Å². The minimum Gasteiger partial charge on any atom is -0.327 e. The van der Waals surface area contributed by atoms with Gasteiger partial charge >= 0.3 is 0 Å². The van der Waals surface area contributed by atoms with Crippen LogP contribution in [0.5, 0.6) is 0 Å². The second kappa shape index (κ2) is 3.27. The highest BCUT2D eigenvalue weighted by atomic mass is 14.7. The highest BCUT2D eigenvalue weighted by Gasteiger charge is 2.37. The van der Waals surface area contributed by atoms with Gasteiger partial charge in [-0.2, -0.15) is 0 Å². The Morgan fingerprint density at radius 2 is 1.46 bits per heavy atom. The molecule has 0 heterocycles. The largest absolute Gasteiger partial charge is 0.327 e. The third kappa shape index (κ3) is 2.25. The molecule has 2 N–H and O–H groups in total. The summed E-state index contributed by atoms with van der Waals surface area (Å²) >= 11 is 0. The van der Waals surface area contributed by atoms with Crippen LogP contribution in [0.15, 0.2) is 0 Å². The lowest BCUT2D eigenvalue weighted by Gasteiger charge is -2.37. The molecule has 2 rings (SSSR count). The lowest BCUT2D eigenvalue weighted by atomic mass is 9.70. The van der Waals surface area contributed by atoms with Crippen molar-refractivity contribution < 1.29 is 0 Å². The third-order valence-electron chi connectivity index (χ3n) is 4.09. The Labute approximate surface area is 82.1 Å². The fraction of sp³-hybridized carbons (Fsp3) is 1.00. The van der Waals surface area contributed by atoms with Crippen LogP contribution in [-0.4, -0.2) is 6.04 Å². The van der Waals surface area contributed by atoms with Gasteiger partial charge in [-0.15, -0.1) is 0 Å². The Morgan fingerprint density at radius 1 is 1.00 bits per heavy atom. The summed E-state index contributed by atoms with van der Waals surface area (Å²) < 4.78 is 0. The Balaban J connectivity index is 1.83. The molecule has 0 aromatic carbocycles. The Hall–Kier alpha value is -0.0400. The van der Waals surface area contributed by atoms with Crippen molar-refractivity contribution in [2.24, 2.45) is 23.0 Å². The van der Waals surface area contributed by atoms with Crippen LogP contribution in [0.1, 0.15) is 52.4 Å². The molecule has 2 saturated carbocycles. The third-order valence-corrected chi connectivity index (χ3v) is 4.09. The predicted molar refractivity (Wildman–Crippen MR) is 56.4 cm³/mol. The first-order chi connectivity index (χ1) is 6.08. The van der Waals surface area contributed by atoms with Gasteiger partial charge < -0.3 is 5.73 Å². The zero-order valence-corrected chi connectivity index (χ0v) is 9.05. The van der Waals surface area contributed by atoms with E-state index < -0.39 is 0 Å². The second-order valence-electron chi connectivity index (χ2n) is 5.92. The van der Waals surface area contributed by atoms with E-state index in [0.717, 1.165) is 11.8 Å². The topological polar surface area (TPSA) is 26.0 Å². The SMILES string of the molecule is CC1(C)CCC(C(N)C2CC2)CC1. The van der Waals surface area contributed by atoms with E-state index in [1.165, 1.54) is 38.5 Å². The van der Waals surface area contributed by atoms with Crippen molar-refractivity contribution in [2.75, 3.05) is 0 Å². The quantitative estimate of drug-likeness (QED) is 0.696. The van der Waals surface area contributed by atoms with Crippen molar-refractivity contribution in [2.45, 2.75) is 58.4 Å². The molecule has 0 aromatic heterocycles. The average molecular weight is 181 g/mol. The molecule has 2 fully saturated rings. The molecule has 0 saturated heterocycles. The van der Waals surface area contributed by atoms with E-state index >= 15 is 0 Å². The molecular weight excluding hydrogens is 158 g/mol. The van der Waals surface area contributed by atoms with Gasteiger partial charge in [0, 0.05) is 6.04 Å². The molecule has 1 nitrogen and oxygen atoms in total. The molecule has 0 aromatic rings. The zero-order chi connectivity index (χ0) is 9.47. The molecule has 0 bridgehead atoms. The summed E-state index contributed by atoms with van der Waals surface area (Å²) in [5, 5.41) is 0. The minimum absolute atomic E-state index is 0.538. The molecule has 13 heavy (non-hydrogen) atoms. The van der Waals surface area contributed by atoms with Gasteiger partial charge in [-0.25, -0.2) is 0 Å². The fourth-order valence-corrected chi connectivity index (χ4v) is 2.67. The van der Waals surface area contributed by atoms with E-state index in [1.807, 2.05) is 0 Å². The zero-order valence-electron chi connectivity index (χ0n) is 9.05. The number of rotatable bonds is 2. The minimum atomic E-state index is 0.538. The van der Waals surface area contributed by atoms with E-state index in [-0.39, 0.29) is 0 Å². The van der Waals surface area contributed by atoms with Crippen LogP contribution >= 0.6 is 0 Å². The normalized spacial score (nSPS) is 31.6. The van der Waals surface area contributed by atoms with Crippen molar-refractivity contribution in [3.05, 3.63) is 0 Å². The summed E-state index contributed by atoms with van der Waals surface area (Å²) in [5.74, 6) is 1.74. The molecular formula is C12H23N. The van der Waals surface area contributed by atoms with Gasteiger partial charge in [-0.05, 0) is 55.8 Å². The van der Waals surface area contributed by atoms with Crippen molar-refractivity contribution in [3.8, 4) is 0 Å². The van der Waals surface area contributed by atoms with Gasteiger partial charge in [0.1, 0.15) is 0 Å². The smallest absolute Gasteiger partial charge is 0.00956 e. The van der Waals surface area contributed by atoms with Gasteiger partial charge in [-0.1, -0.05) is 13.8 Å². The van der Waals surface area contributed by atoms with Crippen LogP contribution in [0.4, 0.5) is 0 Å². The first kappa shape index (κ1) is 9.51. The summed E-state index contributed by atoms with van der Waals surface area (Å²) in [7, 11) is 0. The van der Waals surface area contributed by atoms with Crippen molar-refractivity contribution in [3.63, 3.8) is 0 Å². The molecule has 2 aliphatic rings. The summed E-state index contributed by atoms with van der Waals surface area (Å²) in [6.45, 7) is 4.79. The Bertz CT molecular complexity index is 172. The first-order valence-electron chi connectivity index (χ1n) is 5.84. The van der Waals surface area contributed by atoms with Crippen molar-refractivity contribution in [1.82, 2.24) is 0 Å². The molecule has 0 aliphatic heterocycles. The highest BCUT2D eigenvalue weighted by molar-refractivity contribution is 4.91. The molecule has 1 unspecified atom stereocenters. The van der Waals surface area contributed by atoms with E-state index in [1.54, 1.807) is 0 Å². The van der Waals surface area contributed by atoms with Gasteiger partial charge in [0.05, 0.1) is 0 Å². The second-order valence-corrected chi connectivity index (χ2v) is 5.92. The van der Waals surface area contributed by atoms with Gasteiger partial charge in [0.2, 0.25) is 0 Å². The van der Waals surface area contributed by atoms with Crippen LogP contribution < -0.4 is 5.73 Å².